The van der Waals surface area contributed by atoms with Crippen LogP contribution in [0.15, 0.2) is 35.1 Å². The van der Waals surface area contributed by atoms with E-state index in [2.05, 4.69) is 50.8 Å². The standard InChI is InChI=1S/C28H37N5O3/c1-19-6-7-20(17-31-12-14-32(15-13-31)25(34)28(36)10-11-28)16-21(19)22-8-9-23-24(29-22)30(5)26(35)33(23)18-27(2,3)4/h6-9,16,36H,10-15,17-18H2,1-5H3. The number of imidazole rings is 1. The summed E-state index contributed by atoms with van der Waals surface area (Å²) in [6, 6.07) is 10.5. The summed E-state index contributed by atoms with van der Waals surface area (Å²) in [6.45, 7) is 12.8. The van der Waals surface area contributed by atoms with Crippen LogP contribution in [0.3, 0.4) is 0 Å². The first kappa shape index (κ1) is 24.7. The van der Waals surface area contributed by atoms with E-state index in [4.69, 9.17) is 4.98 Å². The SMILES string of the molecule is Cc1ccc(CN2CCN(C(=O)C3(O)CC3)CC2)cc1-c1ccc2c(n1)n(C)c(=O)n2CC(C)(C)C. The fourth-order valence-electron chi connectivity index (χ4n) is 5.09. The van der Waals surface area contributed by atoms with Crippen molar-refractivity contribution in [2.75, 3.05) is 26.2 Å². The van der Waals surface area contributed by atoms with Gasteiger partial charge in [-0.1, -0.05) is 32.9 Å². The van der Waals surface area contributed by atoms with Gasteiger partial charge >= 0.3 is 5.69 Å². The van der Waals surface area contributed by atoms with Crippen LogP contribution in [-0.4, -0.2) is 66.7 Å². The van der Waals surface area contributed by atoms with Gasteiger partial charge in [-0.05, 0) is 54.5 Å². The Morgan fingerprint density at radius 2 is 1.78 bits per heavy atom. The Labute approximate surface area is 212 Å². The van der Waals surface area contributed by atoms with Gasteiger partial charge in [0.15, 0.2) is 5.65 Å². The largest absolute Gasteiger partial charge is 0.380 e. The summed E-state index contributed by atoms with van der Waals surface area (Å²) in [4.78, 5) is 34.4. The molecule has 0 bridgehead atoms. The molecule has 1 saturated carbocycles. The molecule has 5 rings (SSSR count). The average molecular weight is 492 g/mol. The molecule has 1 aromatic carbocycles. The summed E-state index contributed by atoms with van der Waals surface area (Å²) < 4.78 is 3.46. The number of aliphatic hydroxyl groups is 1. The monoisotopic (exact) mass is 491 g/mol. The first-order valence-electron chi connectivity index (χ1n) is 12.9. The Morgan fingerprint density at radius 3 is 2.42 bits per heavy atom. The summed E-state index contributed by atoms with van der Waals surface area (Å²) in [5.41, 5.74) is 4.67. The van der Waals surface area contributed by atoms with Crippen molar-refractivity contribution in [3.63, 3.8) is 0 Å². The third kappa shape index (κ3) is 4.72. The molecule has 8 nitrogen and oxygen atoms in total. The molecule has 0 radical (unpaired) electrons. The number of piperazine rings is 1. The molecule has 8 heteroatoms. The topological polar surface area (TPSA) is 83.6 Å². The summed E-state index contributed by atoms with van der Waals surface area (Å²) in [5, 5.41) is 10.1. The number of hydrogen-bond donors (Lipinski definition) is 1. The maximum Gasteiger partial charge on any atom is 0.330 e. The first-order valence-corrected chi connectivity index (χ1v) is 12.9. The van der Waals surface area contributed by atoms with Gasteiger partial charge in [-0.15, -0.1) is 0 Å². The minimum Gasteiger partial charge on any atom is -0.380 e. The number of rotatable bonds is 5. The summed E-state index contributed by atoms with van der Waals surface area (Å²) >= 11 is 0. The number of hydrogen-bond acceptors (Lipinski definition) is 5. The second-order valence-corrected chi connectivity index (χ2v) is 11.8. The van der Waals surface area contributed by atoms with Crippen LogP contribution < -0.4 is 5.69 Å². The zero-order valence-electron chi connectivity index (χ0n) is 22.0. The molecule has 2 fully saturated rings. The lowest BCUT2D eigenvalue weighted by Crippen LogP contribution is -2.51. The van der Waals surface area contributed by atoms with Gasteiger partial charge in [0.2, 0.25) is 0 Å². The summed E-state index contributed by atoms with van der Waals surface area (Å²) in [7, 11) is 1.79. The van der Waals surface area contributed by atoms with Gasteiger partial charge in [0.1, 0.15) is 5.60 Å². The number of carbonyl (C=O) groups excluding carboxylic acids is 1. The van der Waals surface area contributed by atoms with Crippen molar-refractivity contribution in [3.8, 4) is 11.3 Å². The van der Waals surface area contributed by atoms with Crippen molar-refractivity contribution in [2.24, 2.45) is 12.5 Å². The lowest BCUT2D eigenvalue weighted by Gasteiger charge is -2.35. The van der Waals surface area contributed by atoms with E-state index in [9.17, 15) is 14.7 Å². The zero-order chi connectivity index (χ0) is 25.8. The quantitative estimate of drug-likeness (QED) is 0.593. The molecule has 3 heterocycles. The molecular weight excluding hydrogens is 454 g/mol. The third-order valence-electron chi connectivity index (χ3n) is 7.38. The second-order valence-electron chi connectivity index (χ2n) is 11.8. The van der Waals surface area contributed by atoms with Gasteiger partial charge in [-0.3, -0.25) is 18.8 Å². The second kappa shape index (κ2) is 8.85. The van der Waals surface area contributed by atoms with Crippen LogP contribution in [0.5, 0.6) is 0 Å². The molecule has 1 amide bonds. The Morgan fingerprint density at radius 1 is 1.08 bits per heavy atom. The van der Waals surface area contributed by atoms with E-state index in [0.29, 0.717) is 38.1 Å². The van der Waals surface area contributed by atoms with E-state index in [1.807, 2.05) is 16.7 Å². The van der Waals surface area contributed by atoms with Gasteiger partial charge in [0.25, 0.3) is 5.91 Å². The highest BCUT2D eigenvalue weighted by atomic mass is 16.3. The predicted molar refractivity (Wildman–Crippen MR) is 141 cm³/mol. The van der Waals surface area contributed by atoms with Gasteiger partial charge in [0.05, 0.1) is 11.2 Å². The molecule has 1 aliphatic carbocycles. The molecule has 3 aromatic rings. The number of benzene rings is 1. The van der Waals surface area contributed by atoms with E-state index in [1.165, 1.54) is 5.56 Å². The van der Waals surface area contributed by atoms with Crippen LogP contribution in [0, 0.1) is 12.3 Å². The van der Waals surface area contributed by atoms with Crippen molar-refractivity contribution in [1.29, 1.82) is 0 Å². The predicted octanol–water partition coefficient (Wildman–Crippen LogP) is 2.93. The molecule has 2 aliphatic rings. The van der Waals surface area contributed by atoms with E-state index in [-0.39, 0.29) is 17.0 Å². The van der Waals surface area contributed by atoms with E-state index in [0.717, 1.165) is 42.0 Å². The van der Waals surface area contributed by atoms with Gasteiger partial charge < -0.3 is 10.0 Å². The maximum atomic E-state index is 12.9. The average Bonchev–Trinajstić information content (AvgIpc) is 3.55. The Kier molecular flexibility index (Phi) is 6.08. The molecule has 1 saturated heterocycles. The molecule has 192 valence electrons. The van der Waals surface area contributed by atoms with Gasteiger partial charge in [-0.2, -0.15) is 0 Å². The van der Waals surface area contributed by atoms with Crippen LogP contribution in [0.4, 0.5) is 0 Å². The molecule has 2 aromatic heterocycles. The van der Waals surface area contributed by atoms with Crippen molar-refractivity contribution in [2.45, 2.75) is 59.2 Å². The number of pyridine rings is 1. The smallest absolute Gasteiger partial charge is 0.330 e. The van der Waals surface area contributed by atoms with E-state index in [1.54, 1.807) is 16.5 Å². The van der Waals surface area contributed by atoms with Crippen LogP contribution in [0.2, 0.25) is 0 Å². The van der Waals surface area contributed by atoms with Crippen molar-refractivity contribution < 1.29 is 9.90 Å². The molecular formula is C28H37N5O3. The van der Waals surface area contributed by atoms with Gasteiger partial charge in [0, 0.05) is 51.9 Å². The molecule has 1 aliphatic heterocycles. The normalized spacial score (nSPS) is 18.1. The van der Waals surface area contributed by atoms with Crippen molar-refractivity contribution >= 4 is 17.1 Å². The van der Waals surface area contributed by atoms with Crippen LogP contribution in [-0.2, 0) is 24.9 Å². The zero-order valence-corrected chi connectivity index (χ0v) is 22.0. The van der Waals surface area contributed by atoms with Gasteiger partial charge in [-0.25, -0.2) is 9.78 Å². The third-order valence-corrected chi connectivity index (χ3v) is 7.38. The Balaban J connectivity index is 1.35. The highest BCUT2D eigenvalue weighted by Crippen LogP contribution is 2.37. The first-order chi connectivity index (χ1) is 16.9. The minimum absolute atomic E-state index is 0.0160. The highest BCUT2D eigenvalue weighted by Gasteiger charge is 2.50. The van der Waals surface area contributed by atoms with Crippen LogP contribution in [0.25, 0.3) is 22.4 Å². The fraction of sp³-hybridized carbons (Fsp3) is 0.536. The maximum absolute atomic E-state index is 12.9. The summed E-state index contributed by atoms with van der Waals surface area (Å²) in [6.07, 6.45) is 1.18. The number of nitrogens with zero attached hydrogens (tertiary/aromatic N) is 5. The Hall–Kier alpha value is -2.97. The lowest BCUT2D eigenvalue weighted by atomic mass is 9.97. The number of carbonyl (C=O) groups is 1. The molecule has 0 spiro atoms. The molecule has 0 unspecified atom stereocenters. The number of fused-ring (bicyclic) bond motifs is 1. The number of aryl methyl sites for hydroxylation is 2. The minimum atomic E-state index is -1.08. The van der Waals surface area contributed by atoms with Crippen molar-refractivity contribution in [1.82, 2.24) is 23.9 Å². The lowest BCUT2D eigenvalue weighted by molar-refractivity contribution is -0.144. The fourth-order valence-corrected chi connectivity index (χ4v) is 5.09. The van der Waals surface area contributed by atoms with Crippen LogP contribution in [0.1, 0.15) is 44.7 Å². The number of amides is 1. The molecule has 1 N–H and O–H groups in total. The molecule has 36 heavy (non-hydrogen) atoms. The Bertz CT molecular complexity index is 1370. The van der Waals surface area contributed by atoms with E-state index >= 15 is 0 Å². The van der Waals surface area contributed by atoms with Crippen molar-refractivity contribution in [3.05, 3.63) is 51.9 Å². The van der Waals surface area contributed by atoms with E-state index < -0.39 is 5.60 Å². The highest BCUT2D eigenvalue weighted by molar-refractivity contribution is 5.87. The number of aromatic nitrogens is 3. The molecule has 0 atom stereocenters. The summed E-state index contributed by atoms with van der Waals surface area (Å²) in [5.74, 6) is -0.105. The van der Waals surface area contributed by atoms with Crippen LogP contribution >= 0.6 is 0 Å².